The summed E-state index contributed by atoms with van der Waals surface area (Å²) in [5.41, 5.74) is 0.209. The molecule has 0 aliphatic rings. The van der Waals surface area contributed by atoms with Gasteiger partial charge in [0.05, 0.1) is 25.9 Å². The second-order valence-electron chi connectivity index (χ2n) is 4.18. The molecule has 1 rings (SSSR count). The number of imide groups is 1. The van der Waals surface area contributed by atoms with Crippen LogP contribution in [0.3, 0.4) is 0 Å². The van der Waals surface area contributed by atoms with E-state index in [-0.39, 0.29) is 18.8 Å². The lowest BCUT2D eigenvalue weighted by Gasteiger charge is -2.16. The summed E-state index contributed by atoms with van der Waals surface area (Å²) < 4.78 is 27.3. The van der Waals surface area contributed by atoms with Gasteiger partial charge in [-0.1, -0.05) is 12.1 Å². The first-order chi connectivity index (χ1) is 10.5. The lowest BCUT2D eigenvalue weighted by Crippen LogP contribution is -2.33. The third-order valence-electron chi connectivity index (χ3n) is 2.59. The molecular weight excluding hydrogens is 309 g/mol. The van der Waals surface area contributed by atoms with E-state index >= 15 is 0 Å². The van der Waals surface area contributed by atoms with Gasteiger partial charge in [-0.05, 0) is 26.0 Å². The van der Waals surface area contributed by atoms with Crippen LogP contribution in [0.1, 0.15) is 24.2 Å². The molecule has 8 heteroatoms. The summed E-state index contributed by atoms with van der Waals surface area (Å²) in [6.45, 7) is 3.57. The fourth-order valence-electron chi connectivity index (χ4n) is 1.76. The van der Waals surface area contributed by atoms with E-state index in [9.17, 15) is 14.2 Å². The maximum atomic E-state index is 12.2. The number of para-hydroxylation sites is 1. The third-order valence-corrected chi connectivity index (χ3v) is 4.57. The number of nitrogens with one attached hydrogen (secondary N) is 1. The van der Waals surface area contributed by atoms with E-state index in [4.69, 9.17) is 13.8 Å². The third kappa shape index (κ3) is 5.26. The van der Waals surface area contributed by atoms with Crippen molar-refractivity contribution < 1.29 is 27.9 Å². The van der Waals surface area contributed by atoms with Crippen LogP contribution in [0.5, 0.6) is 5.75 Å². The Morgan fingerprint density at radius 2 is 1.73 bits per heavy atom. The van der Waals surface area contributed by atoms with Crippen molar-refractivity contribution in [2.45, 2.75) is 13.8 Å². The summed E-state index contributed by atoms with van der Waals surface area (Å²) in [6, 6.07) is 6.47. The number of amides is 2. The number of carbonyl (C=O) groups is 2. The molecule has 122 valence electrons. The van der Waals surface area contributed by atoms with Gasteiger partial charge in [0, 0.05) is 0 Å². The van der Waals surface area contributed by atoms with E-state index in [2.05, 4.69) is 5.32 Å². The molecule has 1 aromatic rings. The first kappa shape index (κ1) is 18.4. The van der Waals surface area contributed by atoms with Gasteiger partial charge in [0.2, 0.25) is 5.91 Å². The lowest BCUT2D eigenvalue weighted by atomic mass is 10.2. The van der Waals surface area contributed by atoms with Gasteiger partial charge < -0.3 is 13.8 Å². The predicted octanol–water partition coefficient (Wildman–Crippen LogP) is 2.22. The molecule has 1 N–H and O–H groups in total. The van der Waals surface area contributed by atoms with Gasteiger partial charge in [-0.15, -0.1) is 0 Å². The van der Waals surface area contributed by atoms with Crippen molar-refractivity contribution in [3.8, 4) is 5.75 Å². The standard InChI is InChI=1S/C14H20NO6P/c1-4-20-22(18,21-5-2)10-13(16)15-14(17)11-8-6-7-9-12(11)19-3/h6-9H,4-5,10H2,1-3H3,(H,15,16,17). The average molecular weight is 329 g/mol. The predicted molar refractivity (Wildman–Crippen MR) is 81.2 cm³/mol. The Bertz CT molecular complexity index is 564. The van der Waals surface area contributed by atoms with Gasteiger partial charge >= 0.3 is 7.60 Å². The van der Waals surface area contributed by atoms with Crippen LogP contribution in [0.4, 0.5) is 0 Å². The summed E-state index contributed by atoms with van der Waals surface area (Å²) in [6.07, 6.45) is -0.518. The molecule has 0 aromatic heterocycles. The molecule has 0 saturated carbocycles. The van der Waals surface area contributed by atoms with Crippen LogP contribution in [0.25, 0.3) is 0 Å². The fraction of sp³-hybridized carbons (Fsp3) is 0.429. The Kier molecular flexibility index (Phi) is 7.24. The topological polar surface area (TPSA) is 90.9 Å². The Hall–Kier alpha value is -1.69. The van der Waals surface area contributed by atoms with Crippen molar-refractivity contribution in [1.82, 2.24) is 5.32 Å². The molecule has 0 bridgehead atoms. The monoisotopic (exact) mass is 329 g/mol. The van der Waals surface area contributed by atoms with E-state index in [1.807, 2.05) is 0 Å². The second kappa shape index (κ2) is 8.68. The first-order valence-electron chi connectivity index (χ1n) is 6.81. The Balaban J connectivity index is 2.75. The highest BCUT2D eigenvalue weighted by Gasteiger charge is 2.28. The van der Waals surface area contributed by atoms with E-state index in [0.717, 1.165) is 0 Å². The van der Waals surface area contributed by atoms with Crippen LogP contribution in [0, 0.1) is 0 Å². The summed E-state index contributed by atoms with van der Waals surface area (Å²) in [4.78, 5) is 23.9. The van der Waals surface area contributed by atoms with Crippen LogP contribution < -0.4 is 10.1 Å². The molecular formula is C14H20NO6P. The summed E-state index contributed by atoms with van der Waals surface area (Å²) in [5, 5.41) is 2.15. The van der Waals surface area contributed by atoms with Crippen LogP contribution in [-0.2, 0) is 18.4 Å². The zero-order valence-electron chi connectivity index (χ0n) is 12.8. The zero-order valence-corrected chi connectivity index (χ0v) is 13.7. The summed E-state index contributed by atoms with van der Waals surface area (Å²) in [5.74, 6) is -1.03. The first-order valence-corrected chi connectivity index (χ1v) is 8.53. The van der Waals surface area contributed by atoms with Gasteiger partial charge in [-0.2, -0.15) is 0 Å². The van der Waals surface area contributed by atoms with E-state index in [1.165, 1.54) is 13.2 Å². The molecule has 1 aromatic carbocycles. The van der Waals surface area contributed by atoms with Crippen LogP contribution in [0.15, 0.2) is 24.3 Å². The van der Waals surface area contributed by atoms with Gasteiger partial charge in [-0.25, -0.2) is 0 Å². The Morgan fingerprint density at radius 3 is 2.27 bits per heavy atom. The number of benzene rings is 1. The minimum atomic E-state index is -3.54. The van der Waals surface area contributed by atoms with Gasteiger partial charge in [0.1, 0.15) is 11.9 Å². The second-order valence-corrected chi connectivity index (χ2v) is 6.24. The highest BCUT2D eigenvalue weighted by Crippen LogP contribution is 2.47. The van der Waals surface area contributed by atoms with E-state index in [1.54, 1.807) is 32.0 Å². The van der Waals surface area contributed by atoms with Gasteiger partial charge in [0.25, 0.3) is 5.91 Å². The molecule has 0 radical (unpaired) electrons. The van der Waals surface area contributed by atoms with Crippen molar-refractivity contribution in [3.05, 3.63) is 29.8 Å². The number of hydrogen-bond acceptors (Lipinski definition) is 6. The molecule has 0 aliphatic heterocycles. The van der Waals surface area contributed by atoms with Gasteiger partial charge in [0.15, 0.2) is 0 Å². The zero-order chi connectivity index (χ0) is 16.6. The van der Waals surface area contributed by atoms with Crippen molar-refractivity contribution in [2.24, 2.45) is 0 Å². The minimum Gasteiger partial charge on any atom is -0.496 e. The molecule has 0 spiro atoms. The normalized spacial score (nSPS) is 11.0. The number of methoxy groups -OCH3 is 1. The highest BCUT2D eigenvalue weighted by atomic mass is 31.2. The number of rotatable bonds is 8. The van der Waals surface area contributed by atoms with Crippen molar-refractivity contribution in [3.63, 3.8) is 0 Å². The molecule has 0 saturated heterocycles. The molecule has 0 unspecified atom stereocenters. The molecule has 22 heavy (non-hydrogen) atoms. The maximum Gasteiger partial charge on any atom is 0.340 e. The molecule has 7 nitrogen and oxygen atoms in total. The van der Waals surface area contributed by atoms with Crippen LogP contribution in [0.2, 0.25) is 0 Å². The lowest BCUT2D eigenvalue weighted by molar-refractivity contribution is -0.118. The Labute approximate surface area is 129 Å². The van der Waals surface area contributed by atoms with Gasteiger partial charge in [-0.3, -0.25) is 19.5 Å². The largest absolute Gasteiger partial charge is 0.496 e. The van der Waals surface area contributed by atoms with Crippen LogP contribution in [-0.4, -0.2) is 38.3 Å². The summed E-state index contributed by atoms with van der Waals surface area (Å²) >= 11 is 0. The van der Waals surface area contributed by atoms with E-state index in [0.29, 0.717) is 5.75 Å². The number of hydrogen-bond donors (Lipinski definition) is 1. The minimum absolute atomic E-state index is 0.144. The fourth-order valence-corrected chi connectivity index (χ4v) is 3.24. The molecule has 0 heterocycles. The molecule has 0 atom stereocenters. The smallest absolute Gasteiger partial charge is 0.340 e. The molecule has 0 fully saturated rings. The summed E-state index contributed by atoms with van der Waals surface area (Å²) in [7, 11) is -2.11. The van der Waals surface area contributed by atoms with Crippen LogP contribution >= 0.6 is 7.60 Å². The average Bonchev–Trinajstić information content (AvgIpc) is 2.47. The highest BCUT2D eigenvalue weighted by molar-refractivity contribution is 7.54. The molecule has 2 amide bonds. The van der Waals surface area contributed by atoms with Crippen molar-refractivity contribution in [2.75, 3.05) is 26.5 Å². The maximum absolute atomic E-state index is 12.2. The van der Waals surface area contributed by atoms with Crippen molar-refractivity contribution >= 4 is 19.4 Å². The van der Waals surface area contributed by atoms with Crippen molar-refractivity contribution in [1.29, 1.82) is 0 Å². The number of carbonyl (C=O) groups excluding carboxylic acids is 2. The quantitative estimate of drug-likeness (QED) is 0.735. The number of ether oxygens (including phenoxy) is 1. The Morgan fingerprint density at radius 1 is 1.14 bits per heavy atom. The SMILES string of the molecule is CCOP(=O)(CC(=O)NC(=O)c1ccccc1OC)OCC. The van der Waals surface area contributed by atoms with E-state index < -0.39 is 25.6 Å². The molecule has 0 aliphatic carbocycles.